The van der Waals surface area contributed by atoms with Gasteiger partial charge in [-0.15, -0.1) is 0 Å². The second-order valence-corrected chi connectivity index (χ2v) is 4.35. The summed E-state index contributed by atoms with van der Waals surface area (Å²) in [6.45, 7) is 4.00. The number of carbonyl (C=O) groups excluding carboxylic acids is 2. The van der Waals surface area contributed by atoms with Crippen LogP contribution in [0.3, 0.4) is 0 Å². The number of nitrogens with one attached hydrogen (secondary N) is 1. The first-order chi connectivity index (χ1) is 8.57. The molecular formula is C14H16N2O2. The van der Waals surface area contributed by atoms with E-state index < -0.39 is 0 Å². The van der Waals surface area contributed by atoms with Crippen molar-refractivity contribution in [3.63, 3.8) is 0 Å². The van der Waals surface area contributed by atoms with Gasteiger partial charge in [-0.1, -0.05) is 18.2 Å². The van der Waals surface area contributed by atoms with Crippen molar-refractivity contribution < 1.29 is 9.59 Å². The highest BCUT2D eigenvalue weighted by atomic mass is 16.2. The predicted molar refractivity (Wildman–Crippen MR) is 70.1 cm³/mol. The normalized spacial score (nSPS) is 15.8. The topological polar surface area (TPSA) is 49.4 Å². The molecule has 1 aromatic carbocycles. The van der Waals surface area contributed by atoms with Crippen LogP contribution in [0.15, 0.2) is 35.4 Å². The molecular weight excluding hydrogens is 228 g/mol. The zero-order valence-electron chi connectivity index (χ0n) is 10.8. The highest BCUT2D eigenvalue weighted by Gasteiger charge is 2.35. The average molecular weight is 244 g/mol. The minimum atomic E-state index is -0.221. The van der Waals surface area contributed by atoms with Gasteiger partial charge in [0, 0.05) is 17.7 Å². The number of imide groups is 1. The lowest BCUT2D eigenvalue weighted by molar-refractivity contribution is -0.120. The predicted octanol–water partition coefficient (Wildman–Crippen LogP) is 1.62. The number of rotatable bonds is 3. The number of benzene rings is 1. The van der Waals surface area contributed by atoms with Crippen molar-refractivity contribution in [2.75, 3.05) is 11.9 Å². The Morgan fingerprint density at radius 1 is 1.06 bits per heavy atom. The zero-order valence-corrected chi connectivity index (χ0v) is 10.8. The summed E-state index contributed by atoms with van der Waals surface area (Å²) in [6, 6.07) is 7.44. The Morgan fingerprint density at radius 3 is 2.17 bits per heavy atom. The van der Waals surface area contributed by atoms with E-state index in [1.807, 2.05) is 25.2 Å². The van der Waals surface area contributed by atoms with Crippen molar-refractivity contribution in [1.29, 1.82) is 0 Å². The number of para-hydroxylation sites is 1. The summed E-state index contributed by atoms with van der Waals surface area (Å²) in [4.78, 5) is 25.5. The molecule has 2 rings (SSSR count). The fourth-order valence-corrected chi connectivity index (χ4v) is 2.04. The van der Waals surface area contributed by atoms with E-state index in [1.54, 1.807) is 19.9 Å². The Kier molecular flexibility index (Phi) is 3.30. The standard InChI is InChI=1S/C14H16N2O2/c1-9-10(2)14(18)16(13(9)17)12-7-5-4-6-11(12)8-15-3/h4-7,15H,8H2,1-3H3. The molecule has 1 aromatic rings. The maximum absolute atomic E-state index is 12.1. The third kappa shape index (κ3) is 1.84. The Morgan fingerprint density at radius 2 is 1.61 bits per heavy atom. The number of hydrogen-bond donors (Lipinski definition) is 1. The van der Waals surface area contributed by atoms with E-state index in [1.165, 1.54) is 4.90 Å². The molecule has 4 nitrogen and oxygen atoms in total. The summed E-state index contributed by atoms with van der Waals surface area (Å²) < 4.78 is 0. The Hall–Kier alpha value is -1.94. The highest BCUT2D eigenvalue weighted by Crippen LogP contribution is 2.29. The van der Waals surface area contributed by atoms with E-state index in [9.17, 15) is 9.59 Å². The number of carbonyl (C=O) groups is 2. The molecule has 0 atom stereocenters. The molecule has 0 unspecified atom stereocenters. The van der Waals surface area contributed by atoms with Crippen molar-refractivity contribution >= 4 is 17.5 Å². The maximum Gasteiger partial charge on any atom is 0.261 e. The lowest BCUT2D eigenvalue weighted by Gasteiger charge is -2.18. The second-order valence-electron chi connectivity index (χ2n) is 4.35. The van der Waals surface area contributed by atoms with E-state index >= 15 is 0 Å². The summed E-state index contributed by atoms with van der Waals surface area (Å²) in [5.74, 6) is -0.442. The van der Waals surface area contributed by atoms with Crippen molar-refractivity contribution in [3.8, 4) is 0 Å². The SMILES string of the molecule is CNCc1ccccc1N1C(=O)C(C)=C(C)C1=O. The fourth-order valence-electron chi connectivity index (χ4n) is 2.04. The third-order valence-electron chi connectivity index (χ3n) is 3.21. The van der Waals surface area contributed by atoms with Crippen LogP contribution < -0.4 is 10.2 Å². The van der Waals surface area contributed by atoms with Crippen LogP contribution in [0.2, 0.25) is 0 Å². The van der Waals surface area contributed by atoms with Crippen LogP contribution in [0.5, 0.6) is 0 Å². The first-order valence-electron chi connectivity index (χ1n) is 5.86. The third-order valence-corrected chi connectivity index (χ3v) is 3.21. The Balaban J connectivity index is 2.46. The molecule has 0 saturated carbocycles. The number of hydrogen-bond acceptors (Lipinski definition) is 3. The lowest BCUT2D eigenvalue weighted by Crippen LogP contribution is -2.32. The van der Waals surface area contributed by atoms with E-state index in [2.05, 4.69) is 5.32 Å². The molecule has 0 fully saturated rings. The van der Waals surface area contributed by atoms with Gasteiger partial charge in [-0.2, -0.15) is 0 Å². The quantitative estimate of drug-likeness (QED) is 0.822. The molecule has 1 N–H and O–H groups in total. The zero-order chi connectivity index (χ0) is 13.3. The van der Waals surface area contributed by atoms with Crippen LogP contribution in [-0.2, 0) is 16.1 Å². The van der Waals surface area contributed by atoms with E-state index in [4.69, 9.17) is 0 Å². The Labute approximate surface area is 106 Å². The van der Waals surface area contributed by atoms with Crippen molar-refractivity contribution in [2.24, 2.45) is 0 Å². The second kappa shape index (κ2) is 4.74. The summed E-state index contributed by atoms with van der Waals surface area (Å²) in [7, 11) is 1.83. The molecule has 2 amide bonds. The molecule has 0 spiro atoms. The Bertz CT molecular complexity index is 522. The molecule has 4 heteroatoms. The lowest BCUT2D eigenvalue weighted by atomic mass is 10.1. The highest BCUT2D eigenvalue weighted by molar-refractivity contribution is 6.32. The van der Waals surface area contributed by atoms with E-state index in [-0.39, 0.29) is 11.8 Å². The minimum absolute atomic E-state index is 0.221. The van der Waals surface area contributed by atoms with Gasteiger partial charge in [0.25, 0.3) is 11.8 Å². The number of nitrogens with zero attached hydrogens (tertiary/aromatic N) is 1. The van der Waals surface area contributed by atoms with Crippen LogP contribution in [0.1, 0.15) is 19.4 Å². The van der Waals surface area contributed by atoms with Gasteiger partial charge in [0.2, 0.25) is 0 Å². The van der Waals surface area contributed by atoms with Gasteiger partial charge in [0.1, 0.15) is 0 Å². The molecule has 1 aliphatic rings. The van der Waals surface area contributed by atoms with Crippen LogP contribution in [-0.4, -0.2) is 18.9 Å². The molecule has 0 radical (unpaired) electrons. The van der Waals surface area contributed by atoms with E-state index in [0.29, 0.717) is 23.4 Å². The summed E-state index contributed by atoms with van der Waals surface area (Å²) >= 11 is 0. The van der Waals surface area contributed by atoms with Crippen LogP contribution in [0, 0.1) is 0 Å². The maximum atomic E-state index is 12.1. The van der Waals surface area contributed by atoms with Crippen molar-refractivity contribution in [3.05, 3.63) is 41.0 Å². The molecule has 18 heavy (non-hydrogen) atoms. The molecule has 0 saturated heterocycles. The van der Waals surface area contributed by atoms with Crippen molar-refractivity contribution in [2.45, 2.75) is 20.4 Å². The van der Waals surface area contributed by atoms with Crippen LogP contribution in [0.4, 0.5) is 5.69 Å². The molecule has 1 aliphatic heterocycles. The van der Waals surface area contributed by atoms with Gasteiger partial charge in [0.05, 0.1) is 5.69 Å². The molecule has 94 valence electrons. The first kappa shape index (κ1) is 12.5. The molecule has 0 aromatic heterocycles. The van der Waals surface area contributed by atoms with E-state index in [0.717, 1.165) is 5.56 Å². The average Bonchev–Trinajstić information content (AvgIpc) is 2.56. The monoisotopic (exact) mass is 244 g/mol. The van der Waals surface area contributed by atoms with Gasteiger partial charge >= 0.3 is 0 Å². The van der Waals surface area contributed by atoms with Gasteiger partial charge in [0.15, 0.2) is 0 Å². The number of anilines is 1. The smallest absolute Gasteiger partial charge is 0.261 e. The molecule has 1 heterocycles. The largest absolute Gasteiger partial charge is 0.316 e. The van der Waals surface area contributed by atoms with Crippen LogP contribution in [0.25, 0.3) is 0 Å². The first-order valence-corrected chi connectivity index (χ1v) is 5.86. The summed E-state index contributed by atoms with van der Waals surface area (Å²) in [5, 5.41) is 3.04. The summed E-state index contributed by atoms with van der Waals surface area (Å²) in [6.07, 6.45) is 0. The van der Waals surface area contributed by atoms with Gasteiger partial charge in [-0.05, 0) is 32.5 Å². The molecule has 0 aliphatic carbocycles. The van der Waals surface area contributed by atoms with Gasteiger partial charge < -0.3 is 5.32 Å². The molecule has 0 bridgehead atoms. The minimum Gasteiger partial charge on any atom is -0.316 e. The van der Waals surface area contributed by atoms with Gasteiger partial charge in [-0.25, -0.2) is 4.90 Å². The number of amides is 2. The fraction of sp³-hybridized carbons (Fsp3) is 0.286. The summed E-state index contributed by atoms with van der Waals surface area (Å²) in [5.41, 5.74) is 2.65. The van der Waals surface area contributed by atoms with Gasteiger partial charge in [-0.3, -0.25) is 9.59 Å². The van der Waals surface area contributed by atoms with Crippen molar-refractivity contribution in [1.82, 2.24) is 5.32 Å². The van der Waals surface area contributed by atoms with Crippen LogP contribution >= 0.6 is 0 Å².